The number of carbonyl (C=O) groups excluding carboxylic acids is 2. The number of sulfonamides is 1. The summed E-state index contributed by atoms with van der Waals surface area (Å²) in [5, 5.41) is 0. The van der Waals surface area contributed by atoms with Crippen molar-refractivity contribution in [2.24, 2.45) is 4.40 Å². The lowest BCUT2D eigenvalue weighted by Crippen LogP contribution is -2.09. The Kier molecular flexibility index (Phi) is 4.80. The van der Waals surface area contributed by atoms with E-state index in [4.69, 9.17) is 4.74 Å². The van der Waals surface area contributed by atoms with Crippen LogP contribution in [0.5, 0.6) is 5.75 Å². The molecule has 0 unspecified atom stereocenters. The molecule has 0 saturated carbocycles. The van der Waals surface area contributed by atoms with Crippen LogP contribution < -0.4 is 4.74 Å². The third-order valence-corrected chi connectivity index (χ3v) is 3.31. The van der Waals surface area contributed by atoms with Crippen molar-refractivity contribution in [2.75, 3.05) is 13.7 Å². The number of hydrogen-bond acceptors (Lipinski definition) is 6. The Balaban J connectivity index is 3.50. The van der Waals surface area contributed by atoms with Crippen LogP contribution in [0.3, 0.4) is 0 Å². The fraction of sp³-hybridized carbons (Fsp3) is 0.273. The van der Waals surface area contributed by atoms with E-state index in [1.54, 1.807) is 6.92 Å². The first-order chi connectivity index (χ1) is 8.96. The number of hydrogen-bond donors (Lipinski definition) is 0. The number of methoxy groups -OCH3 is 1. The van der Waals surface area contributed by atoms with E-state index in [9.17, 15) is 18.0 Å². The molecule has 8 heteroatoms. The second-order valence-corrected chi connectivity index (χ2v) is 4.81. The number of ether oxygens (including phenoxy) is 2. The number of isocyanates is 1. The van der Waals surface area contributed by atoms with E-state index in [-0.39, 0.29) is 11.3 Å². The highest BCUT2D eigenvalue weighted by Gasteiger charge is 2.23. The number of rotatable bonds is 5. The van der Waals surface area contributed by atoms with Crippen molar-refractivity contribution >= 4 is 22.1 Å². The molecule has 0 aliphatic carbocycles. The van der Waals surface area contributed by atoms with Crippen LogP contribution in [0.1, 0.15) is 17.3 Å². The van der Waals surface area contributed by atoms with Gasteiger partial charge in [-0.2, -0.15) is 8.42 Å². The summed E-state index contributed by atoms with van der Waals surface area (Å²) in [6.07, 6.45) is 0.936. The molecule has 19 heavy (non-hydrogen) atoms. The lowest BCUT2D eigenvalue weighted by Gasteiger charge is -2.08. The molecular formula is C11H11NO6S. The molecule has 0 N–H and O–H groups in total. The molecule has 0 amide bonds. The number of carbonyl (C=O) groups is 1. The van der Waals surface area contributed by atoms with E-state index < -0.39 is 20.9 Å². The molecule has 1 rings (SSSR count). The fourth-order valence-corrected chi connectivity index (χ4v) is 2.24. The van der Waals surface area contributed by atoms with Crippen LogP contribution in [-0.4, -0.2) is 34.2 Å². The Hall–Kier alpha value is -2.18. The van der Waals surface area contributed by atoms with Crippen molar-refractivity contribution in [2.45, 2.75) is 11.8 Å². The minimum Gasteiger partial charge on any atom is -0.494 e. The highest BCUT2D eigenvalue weighted by molar-refractivity contribution is 7.90. The quantitative estimate of drug-likeness (QED) is 0.452. The predicted molar refractivity (Wildman–Crippen MR) is 64.3 cm³/mol. The van der Waals surface area contributed by atoms with Gasteiger partial charge in [-0.15, -0.1) is 0 Å². The number of nitrogens with zero attached hydrogens (tertiary/aromatic N) is 1. The summed E-state index contributed by atoms with van der Waals surface area (Å²) in [4.78, 5) is 21.2. The van der Waals surface area contributed by atoms with E-state index in [0.29, 0.717) is 6.61 Å². The van der Waals surface area contributed by atoms with Gasteiger partial charge in [-0.25, -0.2) is 9.59 Å². The molecule has 0 bridgehead atoms. The molecule has 0 atom stereocenters. The third-order valence-electron chi connectivity index (χ3n) is 2.10. The maximum Gasteiger partial charge on any atom is 0.339 e. The van der Waals surface area contributed by atoms with Crippen LogP contribution in [0.2, 0.25) is 0 Å². The van der Waals surface area contributed by atoms with Gasteiger partial charge in [0.2, 0.25) is 0 Å². The van der Waals surface area contributed by atoms with Gasteiger partial charge in [0.1, 0.15) is 10.6 Å². The normalized spacial score (nSPS) is 10.4. The summed E-state index contributed by atoms with van der Waals surface area (Å²) in [7, 11) is -3.21. The van der Waals surface area contributed by atoms with Crippen LogP contribution in [-0.2, 0) is 19.6 Å². The zero-order valence-electron chi connectivity index (χ0n) is 10.2. The number of esters is 1. The van der Waals surface area contributed by atoms with Gasteiger partial charge in [-0.1, -0.05) is 4.40 Å². The lowest BCUT2D eigenvalue weighted by molar-refractivity contribution is 0.0596. The standard InChI is InChI=1S/C11H11NO6S/c1-3-18-8-4-5-9(11(14)17-2)10(6-8)19(15,16)12-7-13/h4-6H,3H2,1-2H3. The zero-order valence-corrected chi connectivity index (χ0v) is 11.1. The highest BCUT2D eigenvalue weighted by Crippen LogP contribution is 2.24. The van der Waals surface area contributed by atoms with Crippen molar-refractivity contribution in [3.63, 3.8) is 0 Å². The Morgan fingerprint density at radius 2 is 2.11 bits per heavy atom. The van der Waals surface area contributed by atoms with Gasteiger partial charge in [0.15, 0.2) is 0 Å². The van der Waals surface area contributed by atoms with Crippen molar-refractivity contribution in [3.8, 4) is 5.75 Å². The van der Waals surface area contributed by atoms with Crippen molar-refractivity contribution < 1.29 is 27.5 Å². The first-order valence-corrected chi connectivity index (χ1v) is 6.59. The molecule has 0 spiro atoms. The van der Waals surface area contributed by atoms with Crippen molar-refractivity contribution in [1.29, 1.82) is 0 Å². The first kappa shape index (κ1) is 14.9. The Morgan fingerprint density at radius 1 is 1.42 bits per heavy atom. The van der Waals surface area contributed by atoms with Gasteiger partial charge in [0, 0.05) is 6.07 Å². The molecule has 7 nitrogen and oxygen atoms in total. The van der Waals surface area contributed by atoms with Gasteiger partial charge < -0.3 is 9.47 Å². The topological polar surface area (TPSA) is 99.1 Å². The van der Waals surface area contributed by atoms with Crippen LogP contribution >= 0.6 is 0 Å². The van der Waals surface area contributed by atoms with Crippen molar-refractivity contribution in [1.82, 2.24) is 0 Å². The maximum atomic E-state index is 11.7. The van der Waals surface area contributed by atoms with Crippen LogP contribution in [0.25, 0.3) is 0 Å². The summed E-state index contributed by atoms with van der Waals surface area (Å²) in [5.74, 6) is -0.627. The largest absolute Gasteiger partial charge is 0.494 e. The van der Waals surface area contributed by atoms with Crippen LogP contribution in [0.15, 0.2) is 27.5 Å². The SMILES string of the molecule is CCOc1ccc(C(=O)OC)c(S(=O)(=O)N=C=O)c1. The molecule has 0 radical (unpaired) electrons. The van der Waals surface area contributed by atoms with Gasteiger partial charge in [-0.3, -0.25) is 0 Å². The Bertz CT molecular complexity index is 631. The molecule has 0 heterocycles. The van der Waals surface area contributed by atoms with Gasteiger partial charge >= 0.3 is 5.97 Å². The molecule has 0 aliphatic rings. The second-order valence-electron chi connectivity index (χ2n) is 3.24. The predicted octanol–water partition coefficient (Wildman–Crippen LogP) is 0.896. The first-order valence-electron chi connectivity index (χ1n) is 5.15. The average Bonchev–Trinajstić information content (AvgIpc) is 2.38. The summed E-state index contributed by atoms with van der Waals surface area (Å²) >= 11 is 0. The number of benzene rings is 1. The van der Waals surface area contributed by atoms with E-state index in [0.717, 1.165) is 19.3 Å². The summed E-state index contributed by atoms with van der Waals surface area (Å²) in [5.41, 5.74) is -0.232. The Morgan fingerprint density at radius 3 is 2.63 bits per heavy atom. The molecule has 1 aromatic carbocycles. The van der Waals surface area contributed by atoms with E-state index in [1.807, 2.05) is 0 Å². The summed E-state index contributed by atoms with van der Waals surface area (Å²) < 4.78 is 35.8. The third kappa shape index (κ3) is 3.40. The van der Waals surface area contributed by atoms with Gasteiger partial charge in [0.25, 0.3) is 16.1 Å². The average molecular weight is 285 g/mol. The lowest BCUT2D eigenvalue weighted by atomic mass is 10.2. The summed E-state index contributed by atoms with van der Waals surface area (Å²) in [6, 6.07) is 3.75. The minimum atomic E-state index is -4.32. The van der Waals surface area contributed by atoms with E-state index in [1.165, 1.54) is 12.1 Å². The Labute approximate surface area is 109 Å². The van der Waals surface area contributed by atoms with Crippen LogP contribution in [0, 0.1) is 0 Å². The van der Waals surface area contributed by atoms with Crippen molar-refractivity contribution in [3.05, 3.63) is 23.8 Å². The zero-order chi connectivity index (χ0) is 14.5. The molecule has 0 aliphatic heterocycles. The highest BCUT2D eigenvalue weighted by atomic mass is 32.2. The van der Waals surface area contributed by atoms with Gasteiger partial charge in [0.05, 0.1) is 19.3 Å². The fourth-order valence-electron chi connectivity index (χ4n) is 1.35. The molecule has 0 aromatic heterocycles. The van der Waals surface area contributed by atoms with E-state index >= 15 is 0 Å². The molecule has 0 fully saturated rings. The van der Waals surface area contributed by atoms with Gasteiger partial charge in [-0.05, 0) is 19.1 Å². The van der Waals surface area contributed by atoms with Crippen LogP contribution in [0.4, 0.5) is 0 Å². The molecular weight excluding hydrogens is 274 g/mol. The smallest absolute Gasteiger partial charge is 0.339 e. The molecule has 0 saturated heterocycles. The maximum absolute atomic E-state index is 11.7. The molecule has 1 aromatic rings. The molecule has 102 valence electrons. The van der Waals surface area contributed by atoms with E-state index in [2.05, 4.69) is 9.13 Å². The second kappa shape index (κ2) is 6.12. The summed E-state index contributed by atoms with van der Waals surface area (Å²) in [6.45, 7) is 2.03. The minimum absolute atomic E-state index is 0.231. The monoisotopic (exact) mass is 285 g/mol.